The van der Waals surface area contributed by atoms with Crippen molar-refractivity contribution in [1.29, 1.82) is 0 Å². The fourth-order valence-electron chi connectivity index (χ4n) is 3.78. The number of ether oxygens (including phenoxy) is 2. The second kappa shape index (κ2) is 6.96. The van der Waals surface area contributed by atoms with Crippen molar-refractivity contribution in [2.24, 2.45) is 0 Å². The van der Waals surface area contributed by atoms with Gasteiger partial charge in [0.2, 0.25) is 0 Å². The number of likely N-dealkylation sites (tertiary alicyclic amines) is 1. The minimum absolute atomic E-state index is 0.264. The van der Waals surface area contributed by atoms with Gasteiger partial charge in [-0.25, -0.2) is 4.98 Å². The molecule has 0 bridgehead atoms. The number of rotatable bonds is 5. The molecular weight excluding hydrogens is 328 g/mol. The van der Waals surface area contributed by atoms with Crippen LogP contribution in [0.2, 0.25) is 0 Å². The molecule has 26 heavy (non-hydrogen) atoms. The predicted octanol–water partition coefficient (Wildman–Crippen LogP) is 3.62. The lowest BCUT2D eigenvalue weighted by Gasteiger charge is -2.23. The monoisotopic (exact) mass is 352 g/mol. The first-order valence-electron chi connectivity index (χ1n) is 8.95. The number of methoxy groups -OCH3 is 2. The number of aryl methyl sites for hydroxylation is 1. The van der Waals surface area contributed by atoms with Gasteiger partial charge in [-0.05, 0) is 44.0 Å². The number of pyridine rings is 1. The molecule has 4 rings (SSSR count). The van der Waals surface area contributed by atoms with E-state index in [4.69, 9.17) is 14.5 Å². The second-order valence-electron chi connectivity index (χ2n) is 6.76. The van der Waals surface area contributed by atoms with Gasteiger partial charge in [0.1, 0.15) is 11.5 Å². The Morgan fingerprint density at radius 2 is 2.12 bits per heavy atom. The highest BCUT2D eigenvalue weighted by Crippen LogP contribution is 2.36. The van der Waals surface area contributed by atoms with Crippen LogP contribution in [0.1, 0.15) is 36.0 Å². The van der Waals surface area contributed by atoms with Gasteiger partial charge in [0, 0.05) is 18.8 Å². The number of aromatic nitrogens is 3. The lowest BCUT2D eigenvalue weighted by Crippen LogP contribution is -2.24. The van der Waals surface area contributed by atoms with Crippen molar-refractivity contribution >= 4 is 11.0 Å². The van der Waals surface area contributed by atoms with E-state index in [1.807, 2.05) is 6.07 Å². The van der Waals surface area contributed by atoms with Crippen LogP contribution in [0.5, 0.6) is 11.5 Å². The molecule has 1 aliphatic heterocycles. The quantitative estimate of drug-likeness (QED) is 0.760. The van der Waals surface area contributed by atoms with E-state index in [1.54, 1.807) is 20.4 Å². The molecule has 136 valence electrons. The van der Waals surface area contributed by atoms with Crippen LogP contribution in [0.25, 0.3) is 11.0 Å². The van der Waals surface area contributed by atoms with Gasteiger partial charge >= 0.3 is 0 Å². The summed E-state index contributed by atoms with van der Waals surface area (Å²) in [4.78, 5) is 15.3. The zero-order valence-electron chi connectivity index (χ0n) is 15.5. The summed E-state index contributed by atoms with van der Waals surface area (Å²) in [7, 11) is 3.31. The number of hydrogen-bond donors (Lipinski definition) is 1. The Labute approximate surface area is 153 Å². The molecule has 2 aromatic heterocycles. The normalized spacial score (nSPS) is 17.7. The van der Waals surface area contributed by atoms with Crippen LogP contribution in [-0.2, 0) is 6.54 Å². The molecular formula is C20H24N4O2. The highest BCUT2D eigenvalue weighted by Gasteiger charge is 2.30. The highest BCUT2D eigenvalue weighted by atomic mass is 16.5. The van der Waals surface area contributed by atoms with Gasteiger partial charge in [-0.1, -0.05) is 6.07 Å². The molecule has 0 radical (unpaired) electrons. The minimum atomic E-state index is 0.264. The predicted molar refractivity (Wildman–Crippen MR) is 101 cm³/mol. The van der Waals surface area contributed by atoms with Crippen molar-refractivity contribution in [3.63, 3.8) is 0 Å². The molecule has 1 atom stereocenters. The van der Waals surface area contributed by atoms with E-state index in [-0.39, 0.29) is 6.04 Å². The Kier molecular flexibility index (Phi) is 4.51. The van der Waals surface area contributed by atoms with Crippen LogP contribution in [0.15, 0.2) is 30.5 Å². The molecule has 1 aliphatic rings. The van der Waals surface area contributed by atoms with Crippen molar-refractivity contribution < 1.29 is 9.47 Å². The Morgan fingerprint density at radius 1 is 1.23 bits per heavy atom. The minimum Gasteiger partial charge on any atom is -0.493 e. The van der Waals surface area contributed by atoms with E-state index < -0.39 is 0 Å². The molecule has 1 N–H and O–H groups in total. The van der Waals surface area contributed by atoms with Gasteiger partial charge in [0.05, 0.1) is 31.3 Å². The van der Waals surface area contributed by atoms with Crippen LogP contribution < -0.4 is 9.47 Å². The van der Waals surface area contributed by atoms with Gasteiger partial charge in [0.15, 0.2) is 11.5 Å². The third-order valence-electron chi connectivity index (χ3n) is 5.05. The van der Waals surface area contributed by atoms with E-state index in [9.17, 15) is 0 Å². The van der Waals surface area contributed by atoms with Gasteiger partial charge in [-0.2, -0.15) is 0 Å². The Balaban J connectivity index is 1.62. The number of benzene rings is 1. The molecule has 3 aromatic rings. The molecule has 3 heterocycles. The van der Waals surface area contributed by atoms with E-state index in [1.165, 1.54) is 5.56 Å². The standard InChI is InChI=1S/C20H24N4O2/c1-13-6-7-14-15(11-13)23-20(22-14)17-5-4-10-24(17)12-16-19(26-3)18(25-2)8-9-21-16/h6-9,11,17H,4-5,10,12H2,1-3H3,(H,22,23)/t17-/m1/s1. The fourth-order valence-corrected chi connectivity index (χ4v) is 3.78. The van der Waals surface area contributed by atoms with Crippen molar-refractivity contribution in [2.45, 2.75) is 32.4 Å². The average molecular weight is 352 g/mol. The van der Waals surface area contributed by atoms with E-state index in [0.717, 1.165) is 41.9 Å². The molecule has 1 saturated heterocycles. The van der Waals surface area contributed by atoms with Crippen LogP contribution >= 0.6 is 0 Å². The summed E-state index contributed by atoms with van der Waals surface area (Å²) in [6.45, 7) is 3.83. The van der Waals surface area contributed by atoms with E-state index >= 15 is 0 Å². The number of fused-ring (bicyclic) bond motifs is 1. The summed E-state index contributed by atoms with van der Waals surface area (Å²) in [5.41, 5.74) is 4.26. The molecule has 6 heteroatoms. The summed E-state index contributed by atoms with van der Waals surface area (Å²) in [5, 5.41) is 0. The van der Waals surface area contributed by atoms with Crippen molar-refractivity contribution in [2.75, 3.05) is 20.8 Å². The Bertz CT molecular complexity index is 921. The lowest BCUT2D eigenvalue weighted by molar-refractivity contribution is 0.232. The maximum absolute atomic E-state index is 5.54. The number of imidazole rings is 1. The van der Waals surface area contributed by atoms with Crippen LogP contribution in [0.3, 0.4) is 0 Å². The van der Waals surface area contributed by atoms with Crippen LogP contribution in [0, 0.1) is 6.92 Å². The van der Waals surface area contributed by atoms with Gasteiger partial charge in [0.25, 0.3) is 0 Å². The summed E-state index contributed by atoms with van der Waals surface area (Å²) in [6.07, 6.45) is 4.00. The van der Waals surface area contributed by atoms with Crippen molar-refractivity contribution in [3.05, 3.63) is 47.5 Å². The first-order chi connectivity index (χ1) is 12.7. The number of aromatic amines is 1. The smallest absolute Gasteiger partial charge is 0.183 e. The van der Waals surface area contributed by atoms with Crippen molar-refractivity contribution in [3.8, 4) is 11.5 Å². The fraction of sp³-hybridized carbons (Fsp3) is 0.400. The first kappa shape index (κ1) is 16.8. The maximum Gasteiger partial charge on any atom is 0.183 e. The topological polar surface area (TPSA) is 63.3 Å². The van der Waals surface area contributed by atoms with E-state index in [0.29, 0.717) is 18.0 Å². The van der Waals surface area contributed by atoms with Gasteiger partial charge in [-0.15, -0.1) is 0 Å². The second-order valence-corrected chi connectivity index (χ2v) is 6.76. The third-order valence-corrected chi connectivity index (χ3v) is 5.05. The molecule has 0 saturated carbocycles. The molecule has 1 aromatic carbocycles. The lowest BCUT2D eigenvalue weighted by atomic mass is 10.2. The molecule has 6 nitrogen and oxygen atoms in total. The largest absolute Gasteiger partial charge is 0.493 e. The van der Waals surface area contributed by atoms with E-state index in [2.05, 4.69) is 40.0 Å². The SMILES string of the molecule is COc1ccnc(CN2CCC[C@@H]2c2nc3ccc(C)cc3[nH]2)c1OC. The first-order valence-corrected chi connectivity index (χ1v) is 8.95. The maximum atomic E-state index is 5.54. The molecule has 0 amide bonds. The van der Waals surface area contributed by atoms with Crippen LogP contribution in [0.4, 0.5) is 0 Å². The third kappa shape index (κ3) is 3.01. The number of nitrogens with one attached hydrogen (secondary N) is 1. The Morgan fingerprint density at radius 3 is 2.92 bits per heavy atom. The zero-order chi connectivity index (χ0) is 18.1. The summed E-state index contributed by atoms with van der Waals surface area (Å²) in [5.74, 6) is 2.46. The van der Waals surface area contributed by atoms with Gasteiger partial charge in [-0.3, -0.25) is 9.88 Å². The average Bonchev–Trinajstić information content (AvgIpc) is 3.27. The summed E-state index contributed by atoms with van der Waals surface area (Å²) >= 11 is 0. The van der Waals surface area contributed by atoms with Gasteiger partial charge < -0.3 is 14.5 Å². The molecule has 0 aliphatic carbocycles. The van der Waals surface area contributed by atoms with Crippen LogP contribution in [-0.4, -0.2) is 40.6 Å². The summed E-state index contributed by atoms with van der Waals surface area (Å²) in [6, 6.07) is 8.42. The molecule has 0 spiro atoms. The number of hydrogen-bond acceptors (Lipinski definition) is 5. The number of H-pyrrole nitrogens is 1. The Hall–Kier alpha value is -2.60. The van der Waals surface area contributed by atoms with Crippen molar-refractivity contribution in [1.82, 2.24) is 19.9 Å². The molecule has 0 unspecified atom stereocenters. The summed E-state index contributed by atoms with van der Waals surface area (Å²) < 4.78 is 10.9. The number of nitrogens with zero attached hydrogens (tertiary/aromatic N) is 3. The molecule has 1 fully saturated rings. The zero-order valence-corrected chi connectivity index (χ0v) is 15.5. The highest BCUT2D eigenvalue weighted by molar-refractivity contribution is 5.75.